The van der Waals surface area contributed by atoms with E-state index in [4.69, 9.17) is 14.6 Å². The number of aliphatic hydroxyl groups is 1. The maximum Gasteiger partial charge on any atom is 0.160 e. The average molecular weight is 198 g/mol. The van der Waals surface area contributed by atoms with E-state index in [0.717, 1.165) is 18.6 Å². The average Bonchev–Trinajstić information content (AvgIpc) is 2.24. The van der Waals surface area contributed by atoms with E-state index in [1.165, 1.54) is 11.1 Å². The topological polar surface area (TPSA) is 38.7 Å². The molecule has 1 aromatic rings. The molecule has 0 saturated carbocycles. The van der Waals surface area contributed by atoms with Crippen molar-refractivity contribution in [2.24, 2.45) is 0 Å². The first-order valence-electron chi connectivity index (χ1n) is 4.33. The Morgan fingerprint density at radius 3 is 1.36 bits per heavy atom. The van der Waals surface area contributed by atoms with E-state index >= 15 is 0 Å². The van der Waals surface area contributed by atoms with E-state index in [1.54, 1.807) is 14.2 Å². The van der Waals surface area contributed by atoms with Crippen molar-refractivity contribution >= 4 is 0 Å². The van der Waals surface area contributed by atoms with Crippen LogP contribution in [0.4, 0.5) is 0 Å². The van der Waals surface area contributed by atoms with Gasteiger partial charge in [-0.15, -0.1) is 0 Å². The molecule has 0 aliphatic heterocycles. The van der Waals surface area contributed by atoms with Crippen molar-refractivity contribution in [1.82, 2.24) is 0 Å². The SMILES string of the molecule is CO.COc1cc(C)c(C)cc1OC. The van der Waals surface area contributed by atoms with Crippen LogP contribution < -0.4 is 9.47 Å². The van der Waals surface area contributed by atoms with Crippen LogP contribution in [0.3, 0.4) is 0 Å². The van der Waals surface area contributed by atoms with Gasteiger partial charge in [0.05, 0.1) is 14.2 Å². The van der Waals surface area contributed by atoms with Crippen molar-refractivity contribution in [3.8, 4) is 11.5 Å². The molecule has 0 unspecified atom stereocenters. The minimum absolute atomic E-state index is 0.792. The van der Waals surface area contributed by atoms with E-state index in [9.17, 15) is 0 Å². The Labute approximate surface area is 85.3 Å². The molecule has 0 aliphatic rings. The fourth-order valence-corrected chi connectivity index (χ4v) is 1.08. The highest BCUT2D eigenvalue weighted by Gasteiger charge is 2.04. The van der Waals surface area contributed by atoms with Crippen molar-refractivity contribution in [2.45, 2.75) is 13.8 Å². The summed E-state index contributed by atoms with van der Waals surface area (Å²) in [5.41, 5.74) is 2.43. The van der Waals surface area contributed by atoms with Gasteiger partial charge >= 0.3 is 0 Å². The maximum atomic E-state index is 7.00. The second kappa shape index (κ2) is 6.27. The van der Waals surface area contributed by atoms with Crippen LogP contribution in [-0.2, 0) is 0 Å². The molecular formula is C11H18O3. The monoisotopic (exact) mass is 198 g/mol. The second-order valence-corrected chi connectivity index (χ2v) is 2.79. The van der Waals surface area contributed by atoms with Gasteiger partial charge in [0.15, 0.2) is 11.5 Å². The summed E-state index contributed by atoms with van der Waals surface area (Å²) in [6.45, 7) is 4.11. The Hall–Kier alpha value is -1.22. The van der Waals surface area contributed by atoms with E-state index in [-0.39, 0.29) is 0 Å². The minimum Gasteiger partial charge on any atom is -0.493 e. The maximum absolute atomic E-state index is 7.00. The van der Waals surface area contributed by atoms with E-state index < -0.39 is 0 Å². The van der Waals surface area contributed by atoms with Gasteiger partial charge in [-0.05, 0) is 37.1 Å². The molecule has 0 radical (unpaired) electrons. The van der Waals surface area contributed by atoms with Crippen LogP contribution in [0.5, 0.6) is 11.5 Å². The summed E-state index contributed by atoms with van der Waals surface area (Å²) < 4.78 is 10.3. The zero-order valence-electron chi connectivity index (χ0n) is 9.42. The summed E-state index contributed by atoms with van der Waals surface area (Å²) in [5.74, 6) is 1.58. The Morgan fingerprint density at radius 1 is 0.857 bits per heavy atom. The third-order valence-electron chi connectivity index (χ3n) is 2.00. The molecule has 0 heterocycles. The van der Waals surface area contributed by atoms with Crippen LogP contribution in [0.15, 0.2) is 12.1 Å². The van der Waals surface area contributed by atoms with E-state index in [2.05, 4.69) is 13.8 Å². The summed E-state index contributed by atoms with van der Waals surface area (Å²) in [4.78, 5) is 0. The first kappa shape index (κ1) is 12.8. The summed E-state index contributed by atoms with van der Waals surface area (Å²) in [6, 6.07) is 3.96. The molecule has 80 valence electrons. The molecule has 0 aliphatic carbocycles. The molecule has 0 spiro atoms. The molecular weight excluding hydrogens is 180 g/mol. The van der Waals surface area contributed by atoms with Gasteiger partial charge in [0.1, 0.15) is 0 Å². The van der Waals surface area contributed by atoms with Gasteiger partial charge in [0.2, 0.25) is 0 Å². The first-order valence-corrected chi connectivity index (χ1v) is 4.33. The Kier molecular flexibility index (Phi) is 5.72. The zero-order valence-corrected chi connectivity index (χ0v) is 9.42. The quantitative estimate of drug-likeness (QED) is 0.789. The number of hydrogen-bond donors (Lipinski definition) is 1. The normalized spacial score (nSPS) is 8.71. The third-order valence-corrected chi connectivity index (χ3v) is 2.00. The molecule has 1 aromatic carbocycles. The lowest BCUT2D eigenvalue weighted by Crippen LogP contribution is -1.92. The number of benzene rings is 1. The molecule has 3 nitrogen and oxygen atoms in total. The lowest BCUT2D eigenvalue weighted by atomic mass is 10.1. The standard InChI is InChI=1S/C10H14O2.CH4O/c1-7-5-9(11-3)10(12-4)6-8(7)2;1-2/h5-6H,1-4H3;2H,1H3. The number of aryl methyl sites for hydroxylation is 2. The van der Waals surface area contributed by atoms with Crippen LogP contribution >= 0.6 is 0 Å². The van der Waals surface area contributed by atoms with Crippen molar-refractivity contribution in [1.29, 1.82) is 0 Å². The van der Waals surface area contributed by atoms with Gasteiger partial charge in [-0.3, -0.25) is 0 Å². The van der Waals surface area contributed by atoms with Crippen LogP contribution in [0.2, 0.25) is 0 Å². The highest BCUT2D eigenvalue weighted by molar-refractivity contribution is 5.46. The lowest BCUT2D eigenvalue weighted by molar-refractivity contribution is 0.354. The van der Waals surface area contributed by atoms with E-state index in [1.807, 2.05) is 12.1 Å². The Morgan fingerprint density at radius 2 is 1.14 bits per heavy atom. The second-order valence-electron chi connectivity index (χ2n) is 2.79. The molecule has 0 bridgehead atoms. The fourth-order valence-electron chi connectivity index (χ4n) is 1.08. The molecule has 0 fully saturated rings. The minimum atomic E-state index is 0.792. The van der Waals surface area contributed by atoms with Crippen LogP contribution in [0.25, 0.3) is 0 Å². The molecule has 14 heavy (non-hydrogen) atoms. The van der Waals surface area contributed by atoms with Gasteiger partial charge < -0.3 is 14.6 Å². The molecule has 0 atom stereocenters. The highest BCUT2D eigenvalue weighted by Crippen LogP contribution is 2.29. The van der Waals surface area contributed by atoms with Crippen LogP contribution in [-0.4, -0.2) is 26.4 Å². The van der Waals surface area contributed by atoms with E-state index in [0.29, 0.717) is 0 Å². The molecule has 0 amide bonds. The Bertz CT molecular complexity index is 253. The van der Waals surface area contributed by atoms with Gasteiger partial charge in [0.25, 0.3) is 0 Å². The summed E-state index contributed by atoms with van der Waals surface area (Å²) in [5, 5.41) is 7.00. The van der Waals surface area contributed by atoms with Crippen LogP contribution in [0, 0.1) is 13.8 Å². The lowest BCUT2D eigenvalue weighted by Gasteiger charge is -2.09. The van der Waals surface area contributed by atoms with Gasteiger partial charge in [-0.2, -0.15) is 0 Å². The molecule has 1 rings (SSSR count). The number of methoxy groups -OCH3 is 2. The van der Waals surface area contributed by atoms with Gasteiger partial charge in [0, 0.05) is 7.11 Å². The Balaban J connectivity index is 0.000000791. The third kappa shape index (κ3) is 2.92. The predicted octanol–water partition coefficient (Wildman–Crippen LogP) is 1.93. The predicted molar refractivity (Wildman–Crippen MR) is 57.2 cm³/mol. The number of ether oxygens (including phenoxy) is 2. The largest absolute Gasteiger partial charge is 0.493 e. The molecule has 0 aromatic heterocycles. The number of rotatable bonds is 2. The van der Waals surface area contributed by atoms with Crippen molar-refractivity contribution in [3.63, 3.8) is 0 Å². The van der Waals surface area contributed by atoms with Gasteiger partial charge in [-0.25, -0.2) is 0 Å². The molecule has 3 heteroatoms. The van der Waals surface area contributed by atoms with Gasteiger partial charge in [-0.1, -0.05) is 0 Å². The smallest absolute Gasteiger partial charge is 0.160 e. The van der Waals surface area contributed by atoms with Crippen LogP contribution in [0.1, 0.15) is 11.1 Å². The fraction of sp³-hybridized carbons (Fsp3) is 0.455. The summed E-state index contributed by atoms with van der Waals surface area (Å²) >= 11 is 0. The van der Waals surface area contributed by atoms with Crippen molar-refractivity contribution in [2.75, 3.05) is 21.3 Å². The summed E-state index contributed by atoms with van der Waals surface area (Å²) in [6.07, 6.45) is 0. The molecule has 1 N–H and O–H groups in total. The number of hydrogen-bond acceptors (Lipinski definition) is 3. The van der Waals surface area contributed by atoms with Crippen molar-refractivity contribution < 1.29 is 14.6 Å². The molecule has 0 saturated heterocycles. The van der Waals surface area contributed by atoms with Crippen molar-refractivity contribution in [3.05, 3.63) is 23.3 Å². The summed E-state index contributed by atoms with van der Waals surface area (Å²) in [7, 11) is 4.29. The number of aliphatic hydroxyl groups excluding tert-OH is 1. The first-order chi connectivity index (χ1) is 6.69. The highest BCUT2D eigenvalue weighted by atomic mass is 16.5. The zero-order chi connectivity index (χ0) is 11.1.